The van der Waals surface area contributed by atoms with E-state index in [1.165, 1.54) is 6.92 Å². The quantitative estimate of drug-likeness (QED) is 0.591. The highest BCUT2D eigenvalue weighted by Gasteiger charge is 2.15. The van der Waals surface area contributed by atoms with Gasteiger partial charge in [0.05, 0.1) is 0 Å². The molecule has 2 atom stereocenters. The van der Waals surface area contributed by atoms with Crippen LogP contribution in [0.5, 0.6) is 0 Å². The maximum Gasteiger partial charge on any atom is 0.325 e. The number of hydrogen-bond acceptors (Lipinski definition) is 3. The van der Waals surface area contributed by atoms with Gasteiger partial charge in [0.2, 0.25) is 0 Å². The molecule has 6 heteroatoms. The van der Waals surface area contributed by atoms with Crippen LogP contribution in [0.1, 0.15) is 40.5 Å². The number of carboxylic acid groups (broad SMARTS) is 1. The van der Waals surface area contributed by atoms with Crippen LogP contribution in [0.2, 0.25) is 0 Å². The fourth-order valence-corrected chi connectivity index (χ4v) is 1.76. The van der Waals surface area contributed by atoms with Gasteiger partial charge in [0.1, 0.15) is 6.04 Å². The molecule has 2 unspecified atom stereocenters. The zero-order valence-corrected chi connectivity index (χ0v) is 12.4. The predicted molar refractivity (Wildman–Crippen MR) is 75.2 cm³/mol. The SMILES string of the molecule is CCN(CC)CCCC(C)NC(=O)NC(C)C(=O)O. The molecule has 6 nitrogen and oxygen atoms in total. The Morgan fingerprint density at radius 3 is 2.21 bits per heavy atom. The normalized spacial score (nSPS) is 13.9. The maximum atomic E-state index is 11.5. The van der Waals surface area contributed by atoms with E-state index >= 15 is 0 Å². The van der Waals surface area contributed by atoms with E-state index in [1.807, 2.05) is 6.92 Å². The number of urea groups is 1. The van der Waals surface area contributed by atoms with Gasteiger partial charge in [-0.3, -0.25) is 4.79 Å². The first kappa shape index (κ1) is 17.7. The Labute approximate surface area is 115 Å². The molecule has 0 bridgehead atoms. The molecule has 0 radical (unpaired) electrons. The van der Waals surface area contributed by atoms with Gasteiger partial charge in [-0.25, -0.2) is 4.79 Å². The van der Waals surface area contributed by atoms with Crippen molar-refractivity contribution in [3.05, 3.63) is 0 Å². The minimum Gasteiger partial charge on any atom is -0.480 e. The third-order valence-electron chi connectivity index (χ3n) is 3.10. The molecule has 2 amide bonds. The van der Waals surface area contributed by atoms with E-state index in [0.717, 1.165) is 32.5 Å². The second kappa shape index (κ2) is 9.61. The molecule has 0 aromatic carbocycles. The van der Waals surface area contributed by atoms with Crippen LogP contribution in [0.15, 0.2) is 0 Å². The van der Waals surface area contributed by atoms with Crippen molar-refractivity contribution in [1.82, 2.24) is 15.5 Å². The van der Waals surface area contributed by atoms with Crippen LogP contribution in [0, 0.1) is 0 Å². The van der Waals surface area contributed by atoms with Gasteiger partial charge in [-0.2, -0.15) is 0 Å². The van der Waals surface area contributed by atoms with E-state index in [4.69, 9.17) is 5.11 Å². The van der Waals surface area contributed by atoms with Gasteiger partial charge < -0.3 is 20.6 Å². The van der Waals surface area contributed by atoms with E-state index in [9.17, 15) is 9.59 Å². The molecule has 19 heavy (non-hydrogen) atoms. The van der Waals surface area contributed by atoms with E-state index < -0.39 is 18.0 Å². The Morgan fingerprint density at radius 2 is 1.74 bits per heavy atom. The largest absolute Gasteiger partial charge is 0.480 e. The average molecular weight is 273 g/mol. The highest BCUT2D eigenvalue weighted by Crippen LogP contribution is 1.99. The summed E-state index contributed by atoms with van der Waals surface area (Å²) in [5.74, 6) is -1.04. The van der Waals surface area contributed by atoms with Crippen LogP contribution in [-0.4, -0.2) is 53.7 Å². The predicted octanol–water partition coefficient (Wildman–Crippen LogP) is 1.27. The van der Waals surface area contributed by atoms with Crippen molar-refractivity contribution in [1.29, 1.82) is 0 Å². The molecule has 0 aromatic rings. The molecular formula is C13H27N3O3. The zero-order valence-electron chi connectivity index (χ0n) is 12.4. The van der Waals surface area contributed by atoms with Gasteiger partial charge >= 0.3 is 12.0 Å². The molecule has 0 aliphatic heterocycles. The van der Waals surface area contributed by atoms with Crippen LogP contribution >= 0.6 is 0 Å². The lowest BCUT2D eigenvalue weighted by Crippen LogP contribution is -2.47. The first-order valence-corrected chi connectivity index (χ1v) is 6.92. The van der Waals surface area contributed by atoms with Gasteiger partial charge in [-0.15, -0.1) is 0 Å². The number of amides is 2. The molecule has 0 saturated carbocycles. The molecule has 0 saturated heterocycles. The summed E-state index contributed by atoms with van der Waals surface area (Å²) in [5, 5.41) is 13.8. The first-order valence-electron chi connectivity index (χ1n) is 6.92. The summed E-state index contributed by atoms with van der Waals surface area (Å²) in [7, 11) is 0. The standard InChI is InChI=1S/C13H27N3O3/c1-5-16(6-2)9-7-8-10(3)14-13(19)15-11(4)12(17)18/h10-11H,5-9H2,1-4H3,(H,17,18)(H2,14,15,19). The molecule has 0 aromatic heterocycles. The number of nitrogens with zero attached hydrogens (tertiary/aromatic N) is 1. The lowest BCUT2D eigenvalue weighted by molar-refractivity contribution is -0.138. The van der Waals surface area contributed by atoms with E-state index in [-0.39, 0.29) is 6.04 Å². The lowest BCUT2D eigenvalue weighted by Gasteiger charge is -2.20. The molecule has 0 rings (SSSR count). The molecule has 0 aliphatic rings. The molecule has 112 valence electrons. The van der Waals surface area contributed by atoms with E-state index in [0.29, 0.717) is 0 Å². The monoisotopic (exact) mass is 273 g/mol. The summed E-state index contributed by atoms with van der Waals surface area (Å²) in [4.78, 5) is 24.4. The molecule has 0 spiro atoms. The number of rotatable bonds is 9. The van der Waals surface area contributed by atoms with Crippen molar-refractivity contribution in [2.24, 2.45) is 0 Å². The number of carbonyl (C=O) groups is 2. The number of aliphatic carboxylic acids is 1. The topological polar surface area (TPSA) is 81.7 Å². The third-order valence-corrected chi connectivity index (χ3v) is 3.10. The molecular weight excluding hydrogens is 246 g/mol. The fraction of sp³-hybridized carbons (Fsp3) is 0.846. The summed E-state index contributed by atoms with van der Waals surface area (Å²) in [6, 6.07) is -1.26. The highest BCUT2D eigenvalue weighted by atomic mass is 16.4. The Morgan fingerprint density at radius 1 is 1.16 bits per heavy atom. The summed E-state index contributed by atoms with van der Waals surface area (Å²) in [6.07, 6.45) is 1.89. The van der Waals surface area contributed by atoms with Crippen molar-refractivity contribution in [2.45, 2.75) is 52.6 Å². The summed E-state index contributed by atoms with van der Waals surface area (Å²) >= 11 is 0. The zero-order chi connectivity index (χ0) is 14.8. The first-order chi connectivity index (χ1) is 8.90. The van der Waals surface area contributed by atoms with Gasteiger partial charge in [-0.05, 0) is 46.3 Å². The van der Waals surface area contributed by atoms with Crippen LogP contribution in [-0.2, 0) is 4.79 Å². The smallest absolute Gasteiger partial charge is 0.325 e. The van der Waals surface area contributed by atoms with Crippen molar-refractivity contribution in [2.75, 3.05) is 19.6 Å². The van der Waals surface area contributed by atoms with Gasteiger partial charge in [0, 0.05) is 6.04 Å². The minimum atomic E-state index is -1.04. The number of carbonyl (C=O) groups excluding carboxylic acids is 1. The molecule has 0 heterocycles. The van der Waals surface area contributed by atoms with Crippen molar-refractivity contribution in [3.8, 4) is 0 Å². The average Bonchev–Trinajstić information content (AvgIpc) is 2.34. The van der Waals surface area contributed by atoms with Crippen molar-refractivity contribution in [3.63, 3.8) is 0 Å². The Bertz CT molecular complexity index is 280. The Kier molecular flexibility index (Phi) is 8.95. The maximum absolute atomic E-state index is 11.5. The van der Waals surface area contributed by atoms with E-state index in [2.05, 4.69) is 29.4 Å². The van der Waals surface area contributed by atoms with Crippen LogP contribution < -0.4 is 10.6 Å². The number of carboxylic acids is 1. The summed E-state index contributed by atoms with van der Waals surface area (Å²) < 4.78 is 0. The number of hydrogen-bond donors (Lipinski definition) is 3. The molecule has 3 N–H and O–H groups in total. The number of nitrogens with one attached hydrogen (secondary N) is 2. The third kappa shape index (κ3) is 8.42. The Hall–Kier alpha value is -1.30. The van der Waals surface area contributed by atoms with Crippen LogP contribution in [0.25, 0.3) is 0 Å². The summed E-state index contributed by atoms with van der Waals surface area (Å²) in [5.41, 5.74) is 0. The van der Waals surface area contributed by atoms with Crippen LogP contribution in [0.3, 0.4) is 0 Å². The van der Waals surface area contributed by atoms with Crippen molar-refractivity contribution >= 4 is 12.0 Å². The second-order valence-electron chi connectivity index (χ2n) is 4.75. The highest BCUT2D eigenvalue weighted by molar-refractivity contribution is 5.82. The minimum absolute atomic E-state index is 0.0385. The van der Waals surface area contributed by atoms with Gasteiger partial charge in [0.25, 0.3) is 0 Å². The fourth-order valence-electron chi connectivity index (χ4n) is 1.76. The van der Waals surface area contributed by atoms with Crippen molar-refractivity contribution < 1.29 is 14.7 Å². The summed E-state index contributed by atoms with van der Waals surface area (Å²) in [6.45, 7) is 10.7. The van der Waals surface area contributed by atoms with E-state index in [1.54, 1.807) is 0 Å². The van der Waals surface area contributed by atoms with Crippen LogP contribution in [0.4, 0.5) is 4.79 Å². The van der Waals surface area contributed by atoms with Gasteiger partial charge in [-0.1, -0.05) is 13.8 Å². The second-order valence-corrected chi connectivity index (χ2v) is 4.75. The molecule has 0 aliphatic carbocycles. The lowest BCUT2D eigenvalue weighted by atomic mass is 10.2. The Balaban J connectivity index is 3.82. The van der Waals surface area contributed by atoms with Gasteiger partial charge in [0.15, 0.2) is 0 Å². The molecule has 0 fully saturated rings.